The number of nitrogens with zero attached hydrogens (tertiary/aromatic N) is 2. The number of aryl methyl sites for hydroxylation is 1. The Morgan fingerprint density at radius 2 is 2.44 bits per heavy atom. The highest BCUT2D eigenvalue weighted by Gasteiger charge is 2.25. The molecule has 0 aromatic carbocycles. The zero-order valence-corrected chi connectivity index (χ0v) is 9.73. The average Bonchev–Trinajstić information content (AvgIpc) is 2.96. The van der Waals surface area contributed by atoms with Gasteiger partial charge in [-0.2, -0.15) is 5.10 Å². The zero-order valence-electron chi connectivity index (χ0n) is 9.73. The van der Waals surface area contributed by atoms with Crippen LogP contribution < -0.4 is 10.6 Å². The van der Waals surface area contributed by atoms with Crippen molar-refractivity contribution >= 4 is 11.6 Å². The van der Waals surface area contributed by atoms with Crippen LogP contribution in [0, 0.1) is 0 Å². The van der Waals surface area contributed by atoms with Crippen molar-refractivity contribution in [3.63, 3.8) is 0 Å². The molecule has 5 nitrogen and oxygen atoms in total. The molecule has 0 bridgehead atoms. The van der Waals surface area contributed by atoms with E-state index in [4.69, 9.17) is 0 Å². The molecule has 16 heavy (non-hydrogen) atoms. The van der Waals surface area contributed by atoms with Gasteiger partial charge in [-0.3, -0.25) is 9.48 Å². The van der Waals surface area contributed by atoms with Crippen molar-refractivity contribution in [1.29, 1.82) is 0 Å². The first-order valence-corrected chi connectivity index (χ1v) is 5.78. The minimum absolute atomic E-state index is 0.0618. The lowest BCUT2D eigenvalue weighted by atomic mass is 10.3. The summed E-state index contributed by atoms with van der Waals surface area (Å²) in [5.74, 6) is 0.0618. The summed E-state index contributed by atoms with van der Waals surface area (Å²) in [4.78, 5) is 11.7. The molecule has 0 spiro atoms. The summed E-state index contributed by atoms with van der Waals surface area (Å²) in [5.41, 5.74) is 0.889. The van der Waals surface area contributed by atoms with Crippen LogP contribution in [0.3, 0.4) is 0 Å². The van der Waals surface area contributed by atoms with Crippen LogP contribution in [0.15, 0.2) is 12.4 Å². The number of nitrogens with one attached hydrogen (secondary N) is 2. The predicted octanol–water partition coefficient (Wildman–Crippen LogP) is 0.982. The number of aromatic nitrogens is 2. The summed E-state index contributed by atoms with van der Waals surface area (Å²) in [7, 11) is 0. The number of rotatable bonds is 5. The third-order valence-corrected chi connectivity index (χ3v) is 2.66. The second-order valence-corrected chi connectivity index (χ2v) is 4.23. The Bertz CT molecular complexity index is 370. The quantitative estimate of drug-likeness (QED) is 0.781. The number of anilines is 1. The Kier molecular flexibility index (Phi) is 3.12. The van der Waals surface area contributed by atoms with Gasteiger partial charge >= 0.3 is 0 Å². The highest BCUT2D eigenvalue weighted by molar-refractivity contribution is 5.84. The molecule has 88 valence electrons. The van der Waals surface area contributed by atoms with Gasteiger partial charge in [0.2, 0.25) is 5.91 Å². The van der Waals surface area contributed by atoms with Crippen molar-refractivity contribution in [2.24, 2.45) is 0 Å². The van der Waals surface area contributed by atoms with Crippen LogP contribution in [0.1, 0.15) is 26.7 Å². The van der Waals surface area contributed by atoms with E-state index >= 15 is 0 Å². The van der Waals surface area contributed by atoms with Gasteiger partial charge in [-0.25, -0.2) is 0 Å². The van der Waals surface area contributed by atoms with Crippen LogP contribution in [0.2, 0.25) is 0 Å². The normalized spacial score (nSPS) is 16.9. The molecule has 1 heterocycles. The van der Waals surface area contributed by atoms with Gasteiger partial charge in [0.05, 0.1) is 11.9 Å². The number of carbonyl (C=O) groups is 1. The molecule has 5 heteroatoms. The summed E-state index contributed by atoms with van der Waals surface area (Å²) in [6, 6.07) is 0.199. The fourth-order valence-electron chi connectivity index (χ4n) is 1.48. The molecule has 1 fully saturated rings. The Balaban J connectivity index is 1.84. The second kappa shape index (κ2) is 4.55. The third-order valence-electron chi connectivity index (χ3n) is 2.66. The lowest BCUT2D eigenvalue weighted by Crippen LogP contribution is -2.38. The number of carbonyl (C=O) groups excluding carboxylic acids is 1. The molecule has 0 saturated heterocycles. The Morgan fingerprint density at radius 1 is 1.69 bits per heavy atom. The lowest BCUT2D eigenvalue weighted by Gasteiger charge is -2.13. The van der Waals surface area contributed by atoms with Crippen molar-refractivity contribution in [2.75, 3.05) is 5.32 Å². The maximum atomic E-state index is 11.7. The first-order valence-electron chi connectivity index (χ1n) is 5.78. The zero-order chi connectivity index (χ0) is 11.5. The molecule has 2 N–H and O–H groups in total. The van der Waals surface area contributed by atoms with E-state index < -0.39 is 0 Å². The maximum Gasteiger partial charge on any atom is 0.242 e. The van der Waals surface area contributed by atoms with Crippen molar-refractivity contribution in [3.05, 3.63) is 12.4 Å². The van der Waals surface area contributed by atoms with E-state index in [0.29, 0.717) is 6.04 Å². The van der Waals surface area contributed by atoms with Crippen LogP contribution in [0.25, 0.3) is 0 Å². The Labute approximate surface area is 95.2 Å². The fraction of sp³-hybridized carbons (Fsp3) is 0.636. The van der Waals surface area contributed by atoms with Gasteiger partial charge < -0.3 is 10.6 Å². The molecular formula is C11H18N4O. The Hall–Kier alpha value is -1.52. The summed E-state index contributed by atoms with van der Waals surface area (Å²) >= 11 is 0. The van der Waals surface area contributed by atoms with E-state index in [2.05, 4.69) is 15.7 Å². The van der Waals surface area contributed by atoms with Gasteiger partial charge in [-0.05, 0) is 26.7 Å². The molecule has 1 saturated carbocycles. The van der Waals surface area contributed by atoms with Gasteiger partial charge in [0, 0.05) is 18.8 Å². The van der Waals surface area contributed by atoms with Crippen LogP contribution >= 0.6 is 0 Å². The molecule has 2 rings (SSSR count). The molecule has 1 aromatic heterocycles. The Morgan fingerprint density at radius 3 is 3.00 bits per heavy atom. The summed E-state index contributed by atoms with van der Waals surface area (Å²) in [5, 5.41) is 10.2. The average molecular weight is 222 g/mol. The molecular weight excluding hydrogens is 204 g/mol. The van der Waals surface area contributed by atoms with Gasteiger partial charge in [0.15, 0.2) is 0 Å². The molecule has 1 atom stereocenters. The minimum atomic E-state index is -0.213. The van der Waals surface area contributed by atoms with Gasteiger partial charge in [-0.1, -0.05) is 0 Å². The molecule has 0 radical (unpaired) electrons. The molecule has 1 aromatic rings. The van der Waals surface area contributed by atoms with Crippen LogP contribution in [-0.4, -0.2) is 27.8 Å². The molecule has 1 unspecified atom stereocenters. The number of amides is 1. The standard InChI is InChI=1S/C11H18N4O/c1-3-15-7-10(6-12-15)13-8(2)11(16)14-9-4-5-9/h6-9,13H,3-5H2,1-2H3,(H,14,16). The number of hydrogen-bond donors (Lipinski definition) is 2. The maximum absolute atomic E-state index is 11.7. The summed E-state index contributed by atoms with van der Waals surface area (Å²) < 4.78 is 1.83. The summed E-state index contributed by atoms with van der Waals surface area (Å²) in [6.45, 7) is 4.73. The van der Waals surface area contributed by atoms with E-state index in [-0.39, 0.29) is 11.9 Å². The highest BCUT2D eigenvalue weighted by atomic mass is 16.2. The first-order chi connectivity index (χ1) is 7.69. The van der Waals surface area contributed by atoms with Crippen LogP contribution in [0.5, 0.6) is 0 Å². The monoisotopic (exact) mass is 222 g/mol. The largest absolute Gasteiger partial charge is 0.371 e. The van der Waals surface area contributed by atoms with Crippen molar-refractivity contribution in [1.82, 2.24) is 15.1 Å². The van der Waals surface area contributed by atoms with E-state index in [9.17, 15) is 4.79 Å². The molecule has 1 aliphatic carbocycles. The molecule has 0 aliphatic heterocycles. The van der Waals surface area contributed by atoms with Gasteiger partial charge in [-0.15, -0.1) is 0 Å². The minimum Gasteiger partial charge on any atom is -0.371 e. The van der Waals surface area contributed by atoms with E-state index in [0.717, 1.165) is 25.1 Å². The summed E-state index contributed by atoms with van der Waals surface area (Å²) in [6.07, 6.45) is 5.88. The van der Waals surface area contributed by atoms with E-state index in [1.54, 1.807) is 6.20 Å². The van der Waals surface area contributed by atoms with Gasteiger partial charge in [0.25, 0.3) is 0 Å². The van der Waals surface area contributed by atoms with Gasteiger partial charge in [0.1, 0.15) is 6.04 Å². The first kappa shape index (κ1) is 11.0. The van der Waals surface area contributed by atoms with Crippen molar-refractivity contribution < 1.29 is 4.79 Å². The lowest BCUT2D eigenvalue weighted by molar-refractivity contribution is -0.121. The number of hydrogen-bond acceptors (Lipinski definition) is 3. The highest BCUT2D eigenvalue weighted by Crippen LogP contribution is 2.18. The van der Waals surface area contributed by atoms with Crippen LogP contribution in [-0.2, 0) is 11.3 Å². The second-order valence-electron chi connectivity index (χ2n) is 4.23. The molecule has 1 aliphatic rings. The van der Waals surface area contributed by atoms with E-state index in [1.165, 1.54) is 0 Å². The third kappa shape index (κ3) is 2.74. The van der Waals surface area contributed by atoms with Crippen LogP contribution in [0.4, 0.5) is 5.69 Å². The molecule has 1 amide bonds. The SMILES string of the molecule is CCn1cc(NC(C)C(=O)NC2CC2)cn1. The fourth-order valence-corrected chi connectivity index (χ4v) is 1.48. The topological polar surface area (TPSA) is 59.0 Å². The van der Waals surface area contributed by atoms with Crippen molar-refractivity contribution in [3.8, 4) is 0 Å². The predicted molar refractivity (Wildman–Crippen MR) is 62.2 cm³/mol. The van der Waals surface area contributed by atoms with E-state index in [1.807, 2.05) is 24.7 Å². The van der Waals surface area contributed by atoms with Crippen molar-refractivity contribution in [2.45, 2.75) is 45.3 Å². The smallest absolute Gasteiger partial charge is 0.242 e.